The van der Waals surface area contributed by atoms with E-state index in [0.29, 0.717) is 47.3 Å². The zero-order chi connectivity index (χ0) is 27.2. The van der Waals surface area contributed by atoms with Crippen molar-refractivity contribution in [1.82, 2.24) is 10.2 Å². The number of carbonyl (C=O) groups is 2. The van der Waals surface area contributed by atoms with Crippen LogP contribution in [0.15, 0.2) is 23.8 Å². The number of carbonyl (C=O) groups excluding carboxylic acids is 2. The predicted molar refractivity (Wildman–Crippen MR) is 139 cm³/mol. The van der Waals surface area contributed by atoms with E-state index in [-0.39, 0.29) is 32.3 Å². The molecule has 4 rings (SSSR count). The number of ether oxygens (including phenoxy) is 3. The molecule has 4 N–H and O–H groups in total. The van der Waals surface area contributed by atoms with Crippen molar-refractivity contribution in [2.75, 3.05) is 40.0 Å². The highest BCUT2D eigenvalue weighted by atomic mass is 16.5. The quantitative estimate of drug-likeness (QED) is 0.334. The van der Waals surface area contributed by atoms with E-state index < -0.39 is 30.1 Å². The summed E-state index contributed by atoms with van der Waals surface area (Å²) in [6.45, 7) is 2.14. The van der Waals surface area contributed by atoms with Gasteiger partial charge in [0.15, 0.2) is 11.5 Å². The van der Waals surface area contributed by atoms with E-state index in [4.69, 9.17) is 14.2 Å². The largest absolute Gasteiger partial charge is 0.493 e. The summed E-state index contributed by atoms with van der Waals surface area (Å²) in [5.74, 6) is -0.208. The van der Waals surface area contributed by atoms with Gasteiger partial charge in [-0.15, -0.1) is 0 Å². The number of aliphatic hydroxyl groups excluding tert-OH is 3. The topological polar surface area (TPSA) is 138 Å². The second-order valence-electron chi connectivity index (χ2n) is 10.2. The van der Waals surface area contributed by atoms with Crippen molar-refractivity contribution in [3.8, 4) is 11.5 Å². The van der Waals surface area contributed by atoms with Crippen LogP contribution in [0.1, 0.15) is 56.1 Å². The molecule has 38 heavy (non-hydrogen) atoms. The maximum absolute atomic E-state index is 13.4. The summed E-state index contributed by atoms with van der Waals surface area (Å²) in [6.07, 6.45) is 5.08. The maximum atomic E-state index is 13.4. The third-order valence-corrected chi connectivity index (χ3v) is 7.78. The van der Waals surface area contributed by atoms with Gasteiger partial charge < -0.3 is 39.7 Å². The molecule has 3 aliphatic rings. The van der Waals surface area contributed by atoms with Crippen molar-refractivity contribution in [3.63, 3.8) is 0 Å². The Morgan fingerprint density at radius 1 is 1.18 bits per heavy atom. The van der Waals surface area contributed by atoms with Crippen molar-refractivity contribution >= 4 is 11.8 Å². The molecule has 0 unspecified atom stereocenters. The third kappa shape index (κ3) is 5.83. The Kier molecular flexibility index (Phi) is 9.64. The Labute approximate surface area is 223 Å². The Balaban J connectivity index is 1.76. The molecule has 1 aromatic rings. The molecule has 1 aromatic carbocycles. The van der Waals surface area contributed by atoms with Crippen LogP contribution in [0.5, 0.6) is 11.5 Å². The van der Waals surface area contributed by atoms with Crippen LogP contribution in [0.2, 0.25) is 0 Å². The number of aliphatic hydroxyl groups is 3. The lowest BCUT2D eigenvalue weighted by molar-refractivity contribution is -0.143. The number of nitrogens with zero attached hydrogens (tertiary/aromatic N) is 1. The Bertz CT molecular complexity index is 1020. The lowest BCUT2D eigenvalue weighted by atomic mass is 9.77. The molecule has 0 saturated heterocycles. The summed E-state index contributed by atoms with van der Waals surface area (Å²) in [6, 6.07) is 2.61. The molecule has 1 aliphatic heterocycles. The molecule has 210 valence electrons. The van der Waals surface area contributed by atoms with Crippen molar-refractivity contribution in [2.24, 2.45) is 5.92 Å². The maximum Gasteiger partial charge on any atom is 0.249 e. The number of benzene rings is 1. The van der Waals surface area contributed by atoms with Gasteiger partial charge in [0.05, 0.1) is 32.3 Å². The Hall–Kier alpha value is -2.66. The van der Waals surface area contributed by atoms with Gasteiger partial charge in [-0.2, -0.15) is 0 Å². The summed E-state index contributed by atoms with van der Waals surface area (Å²) in [7, 11) is 1.49. The molecule has 0 aromatic heterocycles. The van der Waals surface area contributed by atoms with Crippen molar-refractivity contribution in [2.45, 2.75) is 69.8 Å². The summed E-state index contributed by atoms with van der Waals surface area (Å²) >= 11 is 0. The molecular formula is C28H40N2O8. The summed E-state index contributed by atoms with van der Waals surface area (Å²) in [5.41, 5.74) is 1.55. The minimum atomic E-state index is -1.13. The standard InChI is InChI=1S/C28H40N2O8/c1-3-37-16-23(33)30(14-17-7-5-4-6-8-17)21-13-20(28(35)29-9-10-31)24-19-11-18(15-32)12-22(36-2)26(19)38-27(24)25(21)34/h11-13,17,21,24-25,27,31-32,34H,3-10,14-16H2,1-2H3,(H,29,35)/t21-,24+,25+,27+/m1/s1. The normalized spacial score (nSPS) is 24.6. The fraction of sp³-hybridized carbons (Fsp3) is 0.643. The van der Waals surface area contributed by atoms with Crippen LogP contribution < -0.4 is 14.8 Å². The second-order valence-corrected chi connectivity index (χ2v) is 10.2. The van der Waals surface area contributed by atoms with E-state index >= 15 is 0 Å². The predicted octanol–water partition coefficient (Wildman–Crippen LogP) is 1.26. The fourth-order valence-electron chi connectivity index (χ4n) is 5.93. The molecule has 1 saturated carbocycles. The van der Waals surface area contributed by atoms with Crippen LogP contribution in [0.25, 0.3) is 0 Å². The van der Waals surface area contributed by atoms with Crippen molar-refractivity contribution in [3.05, 3.63) is 34.9 Å². The van der Waals surface area contributed by atoms with Gasteiger partial charge in [0, 0.05) is 30.8 Å². The van der Waals surface area contributed by atoms with E-state index in [1.54, 1.807) is 23.1 Å². The van der Waals surface area contributed by atoms with Gasteiger partial charge in [0.1, 0.15) is 18.8 Å². The van der Waals surface area contributed by atoms with Crippen LogP contribution in [0.3, 0.4) is 0 Å². The average Bonchev–Trinajstić information content (AvgIpc) is 3.34. The van der Waals surface area contributed by atoms with Gasteiger partial charge >= 0.3 is 0 Å². The summed E-state index contributed by atoms with van der Waals surface area (Å²) < 4.78 is 17.2. The highest BCUT2D eigenvalue weighted by Crippen LogP contribution is 2.51. The van der Waals surface area contributed by atoms with E-state index in [9.17, 15) is 24.9 Å². The highest BCUT2D eigenvalue weighted by Gasteiger charge is 2.51. The molecule has 10 heteroatoms. The fourth-order valence-corrected chi connectivity index (χ4v) is 5.93. The van der Waals surface area contributed by atoms with Gasteiger partial charge in [-0.05, 0) is 49.5 Å². The third-order valence-electron chi connectivity index (χ3n) is 7.78. The van der Waals surface area contributed by atoms with Crippen LogP contribution in [0.4, 0.5) is 0 Å². The Morgan fingerprint density at radius 2 is 1.95 bits per heavy atom. The number of rotatable bonds is 11. The summed E-state index contributed by atoms with van der Waals surface area (Å²) in [4.78, 5) is 28.4. The molecule has 4 atom stereocenters. The monoisotopic (exact) mass is 532 g/mol. The van der Waals surface area contributed by atoms with Gasteiger partial charge in [-0.25, -0.2) is 0 Å². The zero-order valence-electron chi connectivity index (χ0n) is 22.2. The number of hydrogen-bond acceptors (Lipinski definition) is 8. The molecule has 1 fully saturated rings. The van der Waals surface area contributed by atoms with E-state index in [0.717, 1.165) is 25.7 Å². The van der Waals surface area contributed by atoms with Crippen molar-refractivity contribution in [1.29, 1.82) is 0 Å². The van der Waals surface area contributed by atoms with Gasteiger partial charge in [0.25, 0.3) is 0 Å². The lowest BCUT2D eigenvalue weighted by Gasteiger charge is -2.42. The highest BCUT2D eigenvalue weighted by molar-refractivity contribution is 5.96. The van der Waals surface area contributed by atoms with Gasteiger partial charge in [0.2, 0.25) is 11.8 Å². The first-order valence-corrected chi connectivity index (χ1v) is 13.6. The second kappa shape index (κ2) is 12.9. The lowest BCUT2D eigenvalue weighted by Crippen LogP contribution is -2.57. The van der Waals surface area contributed by atoms with Crippen LogP contribution >= 0.6 is 0 Å². The SMILES string of the molecule is CCOCC(=O)N(CC1CCCCC1)[C@@H]1C=C(C(=O)NCCO)[C@@H]2c3cc(CO)cc(OC)c3O[C@@H]2[C@H]1O. The molecule has 0 radical (unpaired) electrons. The van der Waals surface area contributed by atoms with Gasteiger partial charge in [-0.1, -0.05) is 19.3 Å². The minimum Gasteiger partial charge on any atom is -0.493 e. The zero-order valence-corrected chi connectivity index (χ0v) is 22.2. The van der Waals surface area contributed by atoms with E-state index in [1.807, 2.05) is 6.92 Å². The molecule has 1 heterocycles. The molecule has 10 nitrogen and oxygen atoms in total. The first kappa shape index (κ1) is 28.4. The number of amides is 2. The summed E-state index contributed by atoms with van der Waals surface area (Å²) in [5, 5.41) is 33.5. The Morgan fingerprint density at radius 3 is 2.61 bits per heavy atom. The van der Waals surface area contributed by atoms with Crippen LogP contribution in [0, 0.1) is 5.92 Å². The first-order valence-electron chi connectivity index (χ1n) is 13.6. The number of fused-ring (bicyclic) bond motifs is 3. The van der Waals surface area contributed by atoms with Crippen molar-refractivity contribution < 1.29 is 39.1 Å². The first-order chi connectivity index (χ1) is 18.4. The molecular weight excluding hydrogens is 492 g/mol. The molecule has 2 amide bonds. The van der Waals surface area contributed by atoms with E-state index in [1.165, 1.54) is 13.5 Å². The van der Waals surface area contributed by atoms with Gasteiger partial charge in [-0.3, -0.25) is 9.59 Å². The number of hydrogen-bond donors (Lipinski definition) is 4. The van der Waals surface area contributed by atoms with Crippen LogP contribution in [-0.2, 0) is 20.9 Å². The van der Waals surface area contributed by atoms with E-state index in [2.05, 4.69) is 5.32 Å². The minimum absolute atomic E-state index is 0.0591. The van der Waals surface area contributed by atoms with Crippen LogP contribution in [-0.4, -0.2) is 90.3 Å². The average molecular weight is 533 g/mol. The number of nitrogens with one attached hydrogen (secondary N) is 1. The molecule has 0 spiro atoms. The molecule has 2 aliphatic carbocycles. The smallest absolute Gasteiger partial charge is 0.249 e. The molecule has 0 bridgehead atoms. The number of methoxy groups -OCH3 is 1.